The average molecular weight is 346 g/mol. The first kappa shape index (κ1) is 11.8. The van der Waals surface area contributed by atoms with Gasteiger partial charge in [0.15, 0.2) is 4.33 Å². The van der Waals surface area contributed by atoms with Gasteiger partial charge in [-0.1, -0.05) is 46.4 Å². The molecule has 0 amide bonds. The van der Waals surface area contributed by atoms with E-state index in [0.29, 0.717) is 40.0 Å². The van der Waals surface area contributed by atoms with Crippen LogP contribution < -0.4 is 0 Å². The number of alkyl halides is 3. The molecule has 1 saturated heterocycles. The summed E-state index contributed by atoms with van der Waals surface area (Å²) in [6.45, 7) is 0. The molecule has 4 bridgehead atoms. The van der Waals surface area contributed by atoms with Gasteiger partial charge < -0.3 is 4.74 Å². The van der Waals surface area contributed by atoms with Gasteiger partial charge in [0.1, 0.15) is 4.87 Å². The molecule has 0 aromatic rings. The summed E-state index contributed by atoms with van der Waals surface area (Å²) >= 11 is 32.7. The van der Waals surface area contributed by atoms with Crippen molar-refractivity contribution in [2.24, 2.45) is 29.6 Å². The third kappa shape index (κ3) is 0.909. The lowest BCUT2D eigenvalue weighted by molar-refractivity contribution is 0.231. The van der Waals surface area contributed by atoms with E-state index in [2.05, 4.69) is 0 Å². The minimum absolute atomic E-state index is 0.127. The maximum absolute atomic E-state index is 6.82. The lowest BCUT2D eigenvalue weighted by Gasteiger charge is -2.37. The Balaban J connectivity index is 1.75. The summed E-state index contributed by atoms with van der Waals surface area (Å²) in [5.41, 5.74) is 0. The molecule has 0 radical (unpaired) electrons. The lowest BCUT2D eigenvalue weighted by atomic mass is 9.73. The standard InChI is InChI=1S/C12H9Cl5O/c13-7-6-4-2-1-3(9-8(2)18-9)5(4)11(15,10(7)14)12(6,16)17/h2-6,8-9H,1H2. The zero-order valence-corrected chi connectivity index (χ0v) is 12.8. The van der Waals surface area contributed by atoms with Gasteiger partial charge >= 0.3 is 0 Å². The molecule has 8 atom stereocenters. The van der Waals surface area contributed by atoms with Crippen LogP contribution in [0.25, 0.3) is 0 Å². The van der Waals surface area contributed by atoms with Crippen molar-refractivity contribution in [1.82, 2.24) is 0 Å². The van der Waals surface area contributed by atoms with E-state index in [0.717, 1.165) is 6.42 Å². The van der Waals surface area contributed by atoms with E-state index < -0.39 is 9.21 Å². The average Bonchev–Trinajstić information content (AvgIpc) is 2.83. The van der Waals surface area contributed by atoms with E-state index in [-0.39, 0.29) is 11.8 Å². The van der Waals surface area contributed by atoms with Gasteiger partial charge in [-0.05, 0) is 30.1 Å². The van der Waals surface area contributed by atoms with Crippen molar-refractivity contribution in [3.8, 4) is 0 Å². The molecular weight excluding hydrogens is 337 g/mol. The minimum Gasteiger partial charge on any atom is -0.369 e. The van der Waals surface area contributed by atoms with Crippen molar-refractivity contribution in [3.63, 3.8) is 0 Å². The molecule has 18 heavy (non-hydrogen) atoms. The fourth-order valence-electron chi connectivity index (χ4n) is 5.32. The van der Waals surface area contributed by atoms with Crippen LogP contribution in [-0.2, 0) is 4.74 Å². The third-order valence-corrected chi connectivity index (χ3v) is 8.96. The maximum atomic E-state index is 6.82. The molecular formula is C12H9Cl5O. The number of epoxide rings is 1. The zero-order valence-electron chi connectivity index (χ0n) is 9.05. The van der Waals surface area contributed by atoms with Crippen molar-refractivity contribution < 1.29 is 4.74 Å². The predicted molar refractivity (Wildman–Crippen MR) is 72.5 cm³/mol. The molecule has 1 aliphatic heterocycles. The number of allylic oxidation sites excluding steroid dienone is 2. The summed E-state index contributed by atoms with van der Waals surface area (Å²) < 4.78 is 4.66. The maximum Gasteiger partial charge on any atom is 0.150 e. The Labute approximate surface area is 130 Å². The van der Waals surface area contributed by atoms with Gasteiger partial charge in [-0.2, -0.15) is 0 Å². The van der Waals surface area contributed by atoms with Crippen LogP contribution in [-0.4, -0.2) is 21.4 Å². The Bertz CT molecular complexity index is 517. The summed E-state index contributed by atoms with van der Waals surface area (Å²) in [6, 6.07) is 0. The normalized spacial score (nSPS) is 65.5. The monoisotopic (exact) mass is 344 g/mol. The Morgan fingerprint density at radius 1 is 1.06 bits per heavy atom. The van der Waals surface area contributed by atoms with Gasteiger partial charge in [-0.25, -0.2) is 0 Å². The highest BCUT2D eigenvalue weighted by Crippen LogP contribution is 2.81. The predicted octanol–water partition coefficient (Wildman–Crippen LogP) is 4.12. The quantitative estimate of drug-likeness (QED) is 0.365. The van der Waals surface area contributed by atoms with Gasteiger partial charge in [0.25, 0.3) is 0 Å². The molecule has 8 unspecified atom stereocenters. The second-order valence-corrected chi connectivity index (χ2v) is 8.97. The van der Waals surface area contributed by atoms with Gasteiger partial charge in [-0.15, -0.1) is 11.6 Å². The zero-order chi connectivity index (χ0) is 12.6. The van der Waals surface area contributed by atoms with Gasteiger partial charge in [0.05, 0.1) is 17.2 Å². The first-order valence-electron chi connectivity index (χ1n) is 6.18. The highest BCUT2D eigenvalue weighted by molar-refractivity contribution is 6.60. The fourth-order valence-corrected chi connectivity index (χ4v) is 7.91. The molecule has 0 spiro atoms. The van der Waals surface area contributed by atoms with Crippen LogP contribution in [0.1, 0.15) is 6.42 Å². The SMILES string of the molecule is ClC1=C(Cl)C2(Cl)C3C4CC(C5OC45)C3C1C2(Cl)Cl. The first-order chi connectivity index (χ1) is 8.40. The summed E-state index contributed by atoms with van der Waals surface area (Å²) in [4.78, 5) is -0.916. The van der Waals surface area contributed by atoms with Crippen LogP contribution in [0.5, 0.6) is 0 Å². The molecule has 98 valence electrons. The second-order valence-electron chi connectivity index (χ2n) is 6.21. The smallest absolute Gasteiger partial charge is 0.150 e. The van der Waals surface area contributed by atoms with Crippen LogP contribution in [0.4, 0.5) is 0 Å². The Morgan fingerprint density at radius 3 is 2.44 bits per heavy atom. The molecule has 1 heterocycles. The van der Waals surface area contributed by atoms with Crippen molar-refractivity contribution in [3.05, 3.63) is 10.1 Å². The number of halogens is 5. The van der Waals surface area contributed by atoms with Crippen LogP contribution in [0.3, 0.4) is 0 Å². The van der Waals surface area contributed by atoms with Gasteiger partial charge in [-0.3, -0.25) is 0 Å². The highest BCUT2D eigenvalue weighted by atomic mass is 35.5. The molecule has 3 saturated carbocycles. The lowest BCUT2D eigenvalue weighted by Crippen LogP contribution is -2.44. The molecule has 1 nitrogen and oxygen atoms in total. The Kier molecular flexibility index (Phi) is 1.96. The fraction of sp³-hybridized carbons (Fsp3) is 0.833. The third-order valence-electron chi connectivity index (χ3n) is 5.84. The number of hydrogen-bond donors (Lipinski definition) is 0. The van der Waals surface area contributed by atoms with E-state index in [4.69, 9.17) is 62.7 Å². The van der Waals surface area contributed by atoms with E-state index in [9.17, 15) is 0 Å². The molecule has 0 aromatic heterocycles. The van der Waals surface area contributed by atoms with Crippen molar-refractivity contribution in [2.45, 2.75) is 27.8 Å². The van der Waals surface area contributed by atoms with E-state index in [1.807, 2.05) is 0 Å². The number of hydrogen-bond acceptors (Lipinski definition) is 1. The first-order valence-corrected chi connectivity index (χ1v) is 8.07. The molecule has 6 heteroatoms. The van der Waals surface area contributed by atoms with Gasteiger partial charge in [0, 0.05) is 11.0 Å². The molecule has 5 aliphatic rings. The van der Waals surface area contributed by atoms with Crippen molar-refractivity contribution in [1.29, 1.82) is 0 Å². The molecule has 5 rings (SSSR count). The summed E-state index contributed by atoms with van der Waals surface area (Å²) in [7, 11) is 0. The van der Waals surface area contributed by atoms with Crippen LogP contribution in [0.2, 0.25) is 0 Å². The van der Waals surface area contributed by atoms with E-state index in [1.165, 1.54) is 0 Å². The number of fused-ring (bicyclic) bond motifs is 12. The van der Waals surface area contributed by atoms with Crippen molar-refractivity contribution in [2.75, 3.05) is 0 Å². The summed E-state index contributed by atoms with van der Waals surface area (Å²) in [5, 5.41) is 1.04. The molecule has 4 aliphatic carbocycles. The van der Waals surface area contributed by atoms with E-state index >= 15 is 0 Å². The summed E-state index contributed by atoms with van der Waals surface area (Å²) in [6.07, 6.45) is 1.91. The van der Waals surface area contributed by atoms with Gasteiger partial charge in [0.2, 0.25) is 0 Å². The Morgan fingerprint density at radius 2 is 1.72 bits per heavy atom. The topological polar surface area (TPSA) is 12.5 Å². The Hall–Kier alpha value is 1.15. The summed E-state index contributed by atoms with van der Waals surface area (Å²) in [5.74, 6) is 1.37. The van der Waals surface area contributed by atoms with Crippen LogP contribution >= 0.6 is 58.0 Å². The number of ether oxygens (including phenoxy) is 1. The largest absolute Gasteiger partial charge is 0.369 e. The van der Waals surface area contributed by atoms with E-state index in [1.54, 1.807) is 0 Å². The van der Waals surface area contributed by atoms with Crippen LogP contribution in [0, 0.1) is 29.6 Å². The number of rotatable bonds is 0. The molecule has 4 fully saturated rings. The molecule has 0 N–H and O–H groups in total. The van der Waals surface area contributed by atoms with Crippen LogP contribution in [0.15, 0.2) is 10.1 Å². The second kappa shape index (κ2) is 3.00. The molecule has 0 aromatic carbocycles. The highest BCUT2D eigenvalue weighted by Gasteiger charge is 2.84. The minimum atomic E-state index is -1.08. The van der Waals surface area contributed by atoms with Crippen molar-refractivity contribution >= 4 is 58.0 Å².